The van der Waals surface area contributed by atoms with Crippen molar-refractivity contribution < 1.29 is 9.53 Å². The second-order valence-corrected chi connectivity index (χ2v) is 7.65. The van der Waals surface area contributed by atoms with Crippen LogP contribution in [-0.2, 0) is 9.53 Å². The van der Waals surface area contributed by atoms with Gasteiger partial charge in [-0.25, -0.2) is 4.79 Å². The summed E-state index contributed by atoms with van der Waals surface area (Å²) < 4.78 is 4.81. The molecule has 0 aromatic carbocycles. The number of hydrogen-bond acceptors (Lipinski definition) is 3. The van der Waals surface area contributed by atoms with Crippen molar-refractivity contribution in [3.05, 3.63) is 12.2 Å². The number of carbonyl (C=O) groups is 1. The largest absolute Gasteiger partial charge is 0.462 e. The number of ether oxygens (including phenoxy) is 1. The monoisotopic (exact) mass is 463 g/mol. The second-order valence-electron chi connectivity index (χ2n) is 7.65. The number of halogens is 1. The molecule has 0 aromatic rings. The van der Waals surface area contributed by atoms with Crippen LogP contribution in [0.25, 0.3) is 0 Å². The molecule has 0 aromatic heterocycles. The molecular formula is C24H50BrNO2. The van der Waals surface area contributed by atoms with Crippen LogP contribution in [0.15, 0.2) is 12.2 Å². The van der Waals surface area contributed by atoms with Crippen LogP contribution in [0, 0.1) is 0 Å². The van der Waals surface area contributed by atoms with Crippen LogP contribution in [0.2, 0.25) is 0 Å². The summed E-state index contributed by atoms with van der Waals surface area (Å²) in [5.74, 6) is -0.284. The van der Waals surface area contributed by atoms with Crippen molar-refractivity contribution in [2.45, 2.75) is 124 Å². The molecule has 0 unspecified atom stereocenters. The number of unbranched alkanes of at least 4 members (excludes halogenated alkanes) is 14. The highest BCUT2D eigenvalue weighted by Gasteiger charge is 2.00. The molecule has 0 aliphatic heterocycles. The summed E-state index contributed by atoms with van der Waals surface area (Å²) in [6.45, 7) is 10.8. The van der Waals surface area contributed by atoms with Gasteiger partial charge in [-0.05, 0) is 26.3 Å². The van der Waals surface area contributed by atoms with Crippen molar-refractivity contribution in [2.75, 3.05) is 13.2 Å². The van der Waals surface area contributed by atoms with Crippen LogP contribution < -0.4 is 5.73 Å². The van der Waals surface area contributed by atoms with Crippen LogP contribution in [0.5, 0.6) is 0 Å². The molecule has 0 fully saturated rings. The SMILES string of the molecule is Br.C=C(C)C(=O)OCCCC.CCCCCCCCCCCCCCCCN. The summed E-state index contributed by atoms with van der Waals surface area (Å²) >= 11 is 0. The van der Waals surface area contributed by atoms with E-state index in [1.54, 1.807) is 6.92 Å². The topological polar surface area (TPSA) is 52.3 Å². The summed E-state index contributed by atoms with van der Waals surface area (Å²) in [4.78, 5) is 10.7. The zero-order valence-corrected chi connectivity index (χ0v) is 21.0. The Labute approximate surface area is 187 Å². The van der Waals surface area contributed by atoms with E-state index < -0.39 is 0 Å². The lowest BCUT2D eigenvalue weighted by molar-refractivity contribution is -0.139. The van der Waals surface area contributed by atoms with Crippen molar-refractivity contribution in [1.82, 2.24) is 0 Å². The van der Waals surface area contributed by atoms with Gasteiger partial charge in [0.15, 0.2) is 0 Å². The van der Waals surface area contributed by atoms with Gasteiger partial charge in [-0.1, -0.05) is 110 Å². The number of rotatable bonds is 18. The van der Waals surface area contributed by atoms with Gasteiger partial charge in [0.1, 0.15) is 0 Å². The molecule has 3 nitrogen and oxygen atoms in total. The maximum Gasteiger partial charge on any atom is 0.333 e. The number of esters is 1. The lowest BCUT2D eigenvalue weighted by Crippen LogP contribution is -2.05. The second kappa shape index (κ2) is 28.9. The molecular weight excluding hydrogens is 414 g/mol. The quantitative estimate of drug-likeness (QED) is 0.127. The van der Waals surface area contributed by atoms with E-state index in [0.29, 0.717) is 12.2 Å². The first-order valence-corrected chi connectivity index (χ1v) is 11.6. The van der Waals surface area contributed by atoms with Gasteiger partial charge >= 0.3 is 5.97 Å². The highest BCUT2D eigenvalue weighted by molar-refractivity contribution is 8.93. The van der Waals surface area contributed by atoms with E-state index in [0.717, 1.165) is 19.4 Å². The molecule has 0 saturated heterocycles. The van der Waals surface area contributed by atoms with E-state index in [-0.39, 0.29) is 23.0 Å². The van der Waals surface area contributed by atoms with Crippen molar-refractivity contribution in [1.29, 1.82) is 0 Å². The first-order valence-electron chi connectivity index (χ1n) is 11.6. The minimum Gasteiger partial charge on any atom is -0.462 e. The third-order valence-corrected chi connectivity index (χ3v) is 4.64. The molecule has 0 aliphatic rings. The highest BCUT2D eigenvalue weighted by atomic mass is 79.9. The molecule has 28 heavy (non-hydrogen) atoms. The Morgan fingerprint density at radius 2 is 1.07 bits per heavy atom. The molecule has 0 bridgehead atoms. The fourth-order valence-corrected chi connectivity index (χ4v) is 2.77. The molecule has 0 heterocycles. The van der Waals surface area contributed by atoms with Crippen molar-refractivity contribution in [2.24, 2.45) is 5.73 Å². The van der Waals surface area contributed by atoms with Gasteiger partial charge in [0.05, 0.1) is 6.61 Å². The lowest BCUT2D eigenvalue weighted by Gasteiger charge is -2.02. The Balaban J connectivity index is -0.000000489. The standard InChI is InChI=1S/C16H35N.C8H14O2.BrH/c1-2-3-4-5-6-7-8-9-10-11-12-13-14-15-16-17;1-4-5-6-10-8(9)7(2)3;/h2-17H2,1H3;2,4-6H2,1,3H3;1H. The normalized spacial score (nSPS) is 9.86. The minimum absolute atomic E-state index is 0. The predicted octanol–water partition coefficient (Wildman–Crippen LogP) is 7.91. The Kier molecular flexibility index (Phi) is 33.3. The van der Waals surface area contributed by atoms with Crippen LogP contribution in [0.3, 0.4) is 0 Å². The van der Waals surface area contributed by atoms with Crippen LogP contribution in [-0.4, -0.2) is 19.1 Å². The average Bonchev–Trinajstić information content (AvgIpc) is 2.66. The predicted molar refractivity (Wildman–Crippen MR) is 130 cm³/mol. The summed E-state index contributed by atoms with van der Waals surface area (Å²) in [6.07, 6.45) is 21.8. The van der Waals surface area contributed by atoms with Gasteiger partial charge in [-0.2, -0.15) is 0 Å². The summed E-state index contributed by atoms with van der Waals surface area (Å²) in [5, 5.41) is 0. The van der Waals surface area contributed by atoms with Gasteiger partial charge in [0, 0.05) is 5.57 Å². The van der Waals surface area contributed by atoms with Crippen molar-refractivity contribution >= 4 is 23.0 Å². The Morgan fingerprint density at radius 3 is 1.39 bits per heavy atom. The van der Waals surface area contributed by atoms with E-state index in [1.165, 1.54) is 89.9 Å². The van der Waals surface area contributed by atoms with E-state index in [9.17, 15) is 4.79 Å². The van der Waals surface area contributed by atoms with Crippen molar-refractivity contribution in [3.8, 4) is 0 Å². The van der Waals surface area contributed by atoms with E-state index in [2.05, 4.69) is 20.4 Å². The molecule has 0 spiro atoms. The third kappa shape index (κ3) is 30.4. The third-order valence-electron chi connectivity index (χ3n) is 4.64. The Hall–Kier alpha value is -0.350. The summed E-state index contributed by atoms with van der Waals surface area (Å²) in [7, 11) is 0. The molecule has 170 valence electrons. The number of carbonyl (C=O) groups excluding carboxylic acids is 1. The lowest BCUT2D eigenvalue weighted by atomic mass is 10.0. The Bertz CT molecular complexity index is 308. The molecule has 0 radical (unpaired) electrons. The number of nitrogens with two attached hydrogens (primary N) is 1. The molecule has 0 aliphatic carbocycles. The molecule has 0 rings (SSSR count). The Morgan fingerprint density at radius 1 is 0.714 bits per heavy atom. The maximum atomic E-state index is 10.7. The van der Waals surface area contributed by atoms with E-state index in [1.807, 2.05) is 0 Å². The summed E-state index contributed by atoms with van der Waals surface area (Å²) in [6, 6.07) is 0. The van der Waals surface area contributed by atoms with Gasteiger partial charge < -0.3 is 10.5 Å². The molecule has 0 saturated carbocycles. The maximum absolute atomic E-state index is 10.7. The zero-order valence-electron chi connectivity index (χ0n) is 19.2. The van der Waals surface area contributed by atoms with Crippen LogP contribution >= 0.6 is 17.0 Å². The van der Waals surface area contributed by atoms with Crippen LogP contribution in [0.4, 0.5) is 0 Å². The van der Waals surface area contributed by atoms with Gasteiger partial charge in [0.2, 0.25) is 0 Å². The minimum atomic E-state index is -0.284. The van der Waals surface area contributed by atoms with Crippen LogP contribution in [0.1, 0.15) is 124 Å². The average molecular weight is 465 g/mol. The van der Waals surface area contributed by atoms with Gasteiger partial charge in [-0.3, -0.25) is 0 Å². The molecule has 0 amide bonds. The molecule has 4 heteroatoms. The van der Waals surface area contributed by atoms with E-state index in [4.69, 9.17) is 10.5 Å². The molecule has 2 N–H and O–H groups in total. The summed E-state index contributed by atoms with van der Waals surface area (Å²) in [5.41, 5.74) is 5.94. The number of hydrogen-bond donors (Lipinski definition) is 1. The smallest absolute Gasteiger partial charge is 0.333 e. The highest BCUT2D eigenvalue weighted by Crippen LogP contribution is 2.12. The van der Waals surface area contributed by atoms with Gasteiger partial charge in [-0.15, -0.1) is 17.0 Å². The first kappa shape index (κ1) is 32.3. The van der Waals surface area contributed by atoms with E-state index >= 15 is 0 Å². The molecule has 0 atom stereocenters. The first-order chi connectivity index (χ1) is 13.1. The van der Waals surface area contributed by atoms with Gasteiger partial charge in [0.25, 0.3) is 0 Å². The fourth-order valence-electron chi connectivity index (χ4n) is 2.77. The fraction of sp³-hybridized carbons (Fsp3) is 0.875. The van der Waals surface area contributed by atoms with Crippen molar-refractivity contribution in [3.63, 3.8) is 0 Å². The zero-order chi connectivity index (χ0) is 20.6.